The molecule has 6 nitrogen and oxygen atoms in total. The number of carbonyl (C=O) groups is 2. The van der Waals surface area contributed by atoms with E-state index in [-0.39, 0.29) is 5.56 Å². The summed E-state index contributed by atoms with van der Waals surface area (Å²) in [6.45, 7) is 0. The molecule has 0 unspecified atom stereocenters. The topological polar surface area (TPSA) is 92.4 Å². The first-order valence-electron chi connectivity index (χ1n) is 9.64. The summed E-state index contributed by atoms with van der Waals surface area (Å²) in [6.07, 6.45) is 2.88. The Morgan fingerprint density at radius 2 is 1.59 bits per heavy atom. The number of carbonyl (C=O) groups excluding carboxylic acids is 1. The number of rotatable bonds is 6. The molecule has 158 valence electrons. The molecule has 0 radical (unpaired) electrons. The van der Waals surface area contributed by atoms with Gasteiger partial charge in [0.05, 0.1) is 5.56 Å². The van der Waals surface area contributed by atoms with E-state index in [2.05, 4.69) is 10.3 Å². The van der Waals surface area contributed by atoms with Gasteiger partial charge in [0.2, 0.25) is 11.8 Å². The van der Waals surface area contributed by atoms with Crippen molar-refractivity contribution in [3.05, 3.63) is 101 Å². The predicted molar refractivity (Wildman–Crippen MR) is 123 cm³/mol. The van der Waals surface area contributed by atoms with Crippen molar-refractivity contribution in [3.8, 4) is 22.7 Å². The summed E-state index contributed by atoms with van der Waals surface area (Å²) in [5, 5.41) is 12.3. The molecule has 0 fully saturated rings. The van der Waals surface area contributed by atoms with Gasteiger partial charge < -0.3 is 14.8 Å². The number of hydrogen-bond donors (Lipinski definition) is 2. The largest absolute Gasteiger partial charge is 0.478 e. The van der Waals surface area contributed by atoms with E-state index in [0.717, 1.165) is 11.1 Å². The molecule has 7 heteroatoms. The van der Waals surface area contributed by atoms with E-state index in [9.17, 15) is 9.59 Å². The van der Waals surface area contributed by atoms with Crippen LogP contribution < -0.4 is 5.32 Å². The van der Waals surface area contributed by atoms with Gasteiger partial charge in [-0.2, -0.15) is 0 Å². The van der Waals surface area contributed by atoms with Crippen molar-refractivity contribution < 1.29 is 19.1 Å². The molecule has 4 rings (SSSR count). The van der Waals surface area contributed by atoms with Crippen molar-refractivity contribution in [2.24, 2.45) is 0 Å². The summed E-state index contributed by atoms with van der Waals surface area (Å²) in [7, 11) is 0. The van der Waals surface area contributed by atoms with E-state index in [1.165, 1.54) is 30.3 Å². The molecular weight excluding hydrogens is 428 g/mol. The molecule has 0 bridgehead atoms. The van der Waals surface area contributed by atoms with Crippen LogP contribution in [0.1, 0.15) is 16.1 Å². The molecule has 0 atom stereocenters. The van der Waals surface area contributed by atoms with Crippen LogP contribution in [0.15, 0.2) is 89.4 Å². The number of aromatic nitrogens is 1. The summed E-state index contributed by atoms with van der Waals surface area (Å²) < 4.78 is 5.95. The minimum absolute atomic E-state index is 0.140. The minimum atomic E-state index is -1.03. The molecule has 0 aliphatic heterocycles. The Morgan fingerprint density at radius 1 is 0.906 bits per heavy atom. The lowest BCUT2D eigenvalue weighted by Crippen LogP contribution is -2.08. The third kappa shape index (κ3) is 4.94. The maximum absolute atomic E-state index is 12.4. The molecule has 0 saturated heterocycles. The first-order valence-corrected chi connectivity index (χ1v) is 10.0. The van der Waals surface area contributed by atoms with E-state index in [1.807, 2.05) is 42.5 Å². The number of amides is 1. The number of carboxylic acid groups (broad SMARTS) is 1. The van der Waals surface area contributed by atoms with Crippen LogP contribution in [0, 0.1) is 0 Å². The Kier molecular flexibility index (Phi) is 6.14. The normalized spacial score (nSPS) is 10.9. The second-order valence-corrected chi connectivity index (χ2v) is 7.25. The fourth-order valence-corrected chi connectivity index (χ4v) is 3.12. The number of anilines is 1. The molecule has 0 aliphatic rings. The van der Waals surface area contributed by atoms with Crippen molar-refractivity contribution in [3.63, 3.8) is 0 Å². The van der Waals surface area contributed by atoms with Crippen molar-refractivity contribution >= 4 is 35.2 Å². The number of carboxylic acids is 1. The quantitative estimate of drug-likeness (QED) is 0.355. The van der Waals surface area contributed by atoms with E-state index < -0.39 is 11.9 Å². The van der Waals surface area contributed by atoms with Crippen LogP contribution in [0.5, 0.6) is 0 Å². The van der Waals surface area contributed by atoms with Gasteiger partial charge in [0.15, 0.2) is 5.76 Å². The van der Waals surface area contributed by atoms with Gasteiger partial charge in [-0.15, -0.1) is 0 Å². The van der Waals surface area contributed by atoms with Gasteiger partial charge in [-0.25, -0.2) is 9.78 Å². The molecule has 32 heavy (non-hydrogen) atoms. The minimum Gasteiger partial charge on any atom is -0.478 e. The maximum Gasteiger partial charge on any atom is 0.335 e. The monoisotopic (exact) mass is 444 g/mol. The number of nitrogens with zero attached hydrogens (tertiary/aromatic N) is 1. The molecule has 2 N–H and O–H groups in total. The Bertz CT molecular complexity index is 1280. The molecule has 0 saturated carbocycles. The average molecular weight is 445 g/mol. The number of oxazole rings is 1. The molecular formula is C25H17ClN2O4. The lowest BCUT2D eigenvalue weighted by atomic mass is 10.1. The van der Waals surface area contributed by atoms with E-state index in [0.29, 0.717) is 28.1 Å². The smallest absolute Gasteiger partial charge is 0.335 e. The first kappa shape index (κ1) is 21.1. The number of halogens is 1. The zero-order chi connectivity index (χ0) is 22.5. The molecule has 3 aromatic carbocycles. The number of nitrogens with one attached hydrogen (secondary N) is 1. The zero-order valence-electron chi connectivity index (χ0n) is 16.7. The SMILES string of the molecule is O=C(C=Cc1oc(-c2ccccc2)nc1-c1ccc(Cl)cc1)Nc1ccc(C(=O)O)cc1. The predicted octanol–water partition coefficient (Wildman–Crippen LogP) is 6.01. The molecule has 0 spiro atoms. The van der Waals surface area contributed by atoms with Crippen molar-refractivity contribution in [2.45, 2.75) is 0 Å². The van der Waals surface area contributed by atoms with Crippen LogP contribution in [0.2, 0.25) is 5.02 Å². The van der Waals surface area contributed by atoms with Gasteiger partial charge >= 0.3 is 5.97 Å². The third-order valence-corrected chi connectivity index (χ3v) is 4.83. The fraction of sp³-hybridized carbons (Fsp3) is 0. The lowest BCUT2D eigenvalue weighted by molar-refractivity contribution is -0.111. The number of benzene rings is 3. The molecule has 1 amide bonds. The Labute approximate surface area is 188 Å². The highest BCUT2D eigenvalue weighted by molar-refractivity contribution is 6.30. The third-order valence-electron chi connectivity index (χ3n) is 4.58. The summed E-state index contributed by atoms with van der Waals surface area (Å²) in [4.78, 5) is 27.9. The van der Waals surface area contributed by atoms with Gasteiger partial charge in [-0.1, -0.05) is 41.9 Å². The highest BCUT2D eigenvalue weighted by Crippen LogP contribution is 2.30. The van der Waals surface area contributed by atoms with Gasteiger partial charge in [0, 0.05) is 27.9 Å². The van der Waals surface area contributed by atoms with Gasteiger partial charge in [0.25, 0.3) is 0 Å². The molecule has 1 aromatic heterocycles. The summed E-state index contributed by atoms with van der Waals surface area (Å²) in [6, 6.07) is 22.5. The zero-order valence-corrected chi connectivity index (χ0v) is 17.4. The number of aromatic carboxylic acids is 1. The second-order valence-electron chi connectivity index (χ2n) is 6.81. The van der Waals surface area contributed by atoms with E-state index in [1.54, 1.807) is 18.2 Å². The van der Waals surface area contributed by atoms with Crippen LogP contribution in [-0.4, -0.2) is 22.0 Å². The first-order chi connectivity index (χ1) is 15.5. The Balaban J connectivity index is 1.60. The van der Waals surface area contributed by atoms with Crippen LogP contribution in [-0.2, 0) is 4.79 Å². The van der Waals surface area contributed by atoms with Crippen molar-refractivity contribution in [1.29, 1.82) is 0 Å². The maximum atomic E-state index is 12.4. The molecule has 1 heterocycles. The lowest BCUT2D eigenvalue weighted by Gasteiger charge is -2.02. The van der Waals surface area contributed by atoms with Gasteiger partial charge in [0.1, 0.15) is 5.69 Å². The Hall–Kier alpha value is -4.16. The van der Waals surface area contributed by atoms with E-state index >= 15 is 0 Å². The summed E-state index contributed by atoms with van der Waals surface area (Å²) >= 11 is 6.00. The van der Waals surface area contributed by atoms with Crippen LogP contribution in [0.25, 0.3) is 28.8 Å². The highest BCUT2D eigenvalue weighted by Gasteiger charge is 2.15. The van der Waals surface area contributed by atoms with E-state index in [4.69, 9.17) is 21.1 Å². The average Bonchev–Trinajstić information content (AvgIpc) is 3.23. The molecule has 4 aromatic rings. The standard InChI is InChI=1S/C25H17ClN2O4/c26-19-10-6-16(7-11-19)23-21(32-24(28-23)17-4-2-1-3-5-17)14-15-22(29)27-20-12-8-18(9-13-20)25(30)31/h1-15H,(H,27,29)(H,30,31). The van der Waals surface area contributed by atoms with Gasteiger partial charge in [-0.3, -0.25) is 4.79 Å². The second kappa shape index (κ2) is 9.32. The van der Waals surface area contributed by atoms with Crippen LogP contribution in [0.4, 0.5) is 5.69 Å². The highest BCUT2D eigenvalue weighted by atomic mass is 35.5. The fourth-order valence-electron chi connectivity index (χ4n) is 3.00. The number of hydrogen-bond acceptors (Lipinski definition) is 4. The van der Waals surface area contributed by atoms with Crippen LogP contribution >= 0.6 is 11.6 Å². The summed E-state index contributed by atoms with van der Waals surface area (Å²) in [5.41, 5.74) is 2.80. The van der Waals surface area contributed by atoms with Crippen molar-refractivity contribution in [1.82, 2.24) is 4.98 Å². The Morgan fingerprint density at radius 3 is 2.25 bits per heavy atom. The van der Waals surface area contributed by atoms with Crippen molar-refractivity contribution in [2.75, 3.05) is 5.32 Å². The van der Waals surface area contributed by atoms with Gasteiger partial charge in [-0.05, 0) is 54.6 Å². The molecule has 0 aliphatic carbocycles. The van der Waals surface area contributed by atoms with Crippen LogP contribution in [0.3, 0.4) is 0 Å². The summed E-state index contributed by atoms with van der Waals surface area (Å²) in [5.74, 6) is -0.577.